The van der Waals surface area contributed by atoms with Crippen LogP contribution in [0.3, 0.4) is 0 Å². The van der Waals surface area contributed by atoms with Gasteiger partial charge in [-0.2, -0.15) is 0 Å². The van der Waals surface area contributed by atoms with E-state index in [4.69, 9.17) is 14.2 Å². The van der Waals surface area contributed by atoms with Crippen LogP contribution in [-0.4, -0.2) is 116 Å². The van der Waals surface area contributed by atoms with E-state index in [1.165, 1.54) is 0 Å². The summed E-state index contributed by atoms with van der Waals surface area (Å²) in [6.07, 6.45) is -13.7. The number of amides is 1. The number of carbonyl (C=O) groups excluding carboxylic acids is 1. The molecule has 0 aromatic heterocycles. The van der Waals surface area contributed by atoms with Crippen molar-refractivity contribution in [3.05, 3.63) is 0 Å². The Kier molecular flexibility index (Phi) is 7.27. The molecule has 12 nitrogen and oxygen atoms in total. The summed E-state index contributed by atoms with van der Waals surface area (Å²) >= 11 is 0. The molecule has 152 valence electrons. The van der Waals surface area contributed by atoms with Crippen molar-refractivity contribution in [2.45, 2.75) is 68.3 Å². The molecule has 2 aliphatic rings. The van der Waals surface area contributed by atoms with Crippen LogP contribution < -0.4 is 5.32 Å². The van der Waals surface area contributed by atoms with Crippen LogP contribution in [-0.2, 0) is 19.0 Å². The third kappa shape index (κ3) is 4.31. The fourth-order valence-electron chi connectivity index (χ4n) is 2.97. The van der Waals surface area contributed by atoms with Crippen molar-refractivity contribution < 1.29 is 54.8 Å². The van der Waals surface area contributed by atoms with Gasteiger partial charge < -0.3 is 55.3 Å². The number of nitrogens with one attached hydrogen (secondary N) is 1. The zero-order chi connectivity index (χ0) is 19.6. The molecule has 1 amide bonds. The molecule has 0 spiro atoms. The first-order valence-corrected chi connectivity index (χ1v) is 8.06. The van der Waals surface area contributed by atoms with Gasteiger partial charge in [-0.3, -0.25) is 4.79 Å². The second-order valence-corrected chi connectivity index (χ2v) is 6.26. The van der Waals surface area contributed by atoms with Crippen LogP contribution in [0.4, 0.5) is 0 Å². The topological polar surface area (TPSA) is 198 Å². The molecule has 2 saturated heterocycles. The highest BCUT2D eigenvalue weighted by Crippen LogP contribution is 2.28. The van der Waals surface area contributed by atoms with E-state index in [0.717, 1.165) is 6.92 Å². The van der Waals surface area contributed by atoms with Crippen LogP contribution in [0.25, 0.3) is 0 Å². The minimum atomic E-state index is -1.74. The highest BCUT2D eigenvalue weighted by molar-refractivity contribution is 5.73. The van der Waals surface area contributed by atoms with Gasteiger partial charge >= 0.3 is 0 Å². The summed E-state index contributed by atoms with van der Waals surface area (Å²) in [4.78, 5) is 11.4. The van der Waals surface area contributed by atoms with E-state index in [1.54, 1.807) is 0 Å². The summed E-state index contributed by atoms with van der Waals surface area (Å²) in [5.74, 6) is -0.574. The highest BCUT2D eigenvalue weighted by Gasteiger charge is 2.50. The molecule has 2 rings (SSSR count). The van der Waals surface area contributed by atoms with Crippen molar-refractivity contribution in [3.63, 3.8) is 0 Å². The number of ether oxygens (including phenoxy) is 3. The molecule has 26 heavy (non-hydrogen) atoms. The van der Waals surface area contributed by atoms with Gasteiger partial charge in [0.05, 0.1) is 13.2 Å². The summed E-state index contributed by atoms with van der Waals surface area (Å²) in [6.45, 7) is -0.195. The molecule has 12 heteroatoms. The number of rotatable bonds is 5. The SMILES string of the molecule is CC(=O)N[C@@H]1[C@@H](O[C@@H]2O[C@H](CO)[C@@H](O)[C@H](O)[C@H]2O)[C@H](O)[C@@H](CO)O[C@H]1O. The van der Waals surface area contributed by atoms with Crippen molar-refractivity contribution in [3.8, 4) is 0 Å². The number of hydrogen-bond acceptors (Lipinski definition) is 11. The lowest BCUT2D eigenvalue weighted by molar-refractivity contribution is -0.341. The molecule has 2 aliphatic heterocycles. The number of aliphatic hydroxyl groups is 7. The van der Waals surface area contributed by atoms with Gasteiger partial charge in [-0.1, -0.05) is 0 Å². The maximum atomic E-state index is 11.4. The Morgan fingerprint density at radius 3 is 2.04 bits per heavy atom. The molecule has 0 aromatic carbocycles. The molecule has 0 unspecified atom stereocenters. The van der Waals surface area contributed by atoms with E-state index in [0.29, 0.717) is 0 Å². The van der Waals surface area contributed by atoms with Gasteiger partial charge in [-0.05, 0) is 0 Å². The lowest BCUT2D eigenvalue weighted by atomic mass is 9.95. The Labute approximate surface area is 148 Å². The maximum absolute atomic E-state index is 11.4. The smallest absolute Gasteiger partial charge is 0.217 e. The molecule has 2 fully saturated rings. The largest absolute Gasteiger partial charge is 0.394 e. The first kappa shape index (κ1) is 21.4. The van der Waals surface area contributed by atoms with Gasteiger partial charge in [0.2, 0.25) is 5.91 Å². The summed E-state index contributed by atoms with van der Waals surface area (Å²) in [5, 5.41) is 70.7. The molecule has 2 heterocycles. The zero-order valence-electron chi connectivity index (χ0n) is 14.0. The van der Waals surface area contributed by atoms with E-state index in [1.807, 2.05) is 0 Å². The predicted octanol–water partition coefficient (Wildman–Crippen LogP) is -5.25. The van der Waals surface area contributed by atoms with Gasteiger partial charge in [0.1, 0.15) is 48.8 Å². The number of aliphatic hydroxyl groups excluding tert-OH is 7. The quantitative estimate of drug-likeness (QED) is 0.226. The Bertz CT molecular complexity index is 478. The van der Waals surface area contributed by atoms with Gasteiger partial charge in [0, 0.05) is 6.92 Å². The Morgan fingerprint density at radius 2 is 1.50 bits per heavy atom. The molecule has 8 N–H and O–H groups in total. The third-order valence-electron chi connectivity index (χ3n) is 4.38. The zero-order valence-corrected chi connectivity index (χ0v) is 14.0. The molecule has 0 aromatic rings. The predicted molar refractivity (Wildman–Crippen MR) is 80.2 cm³/mol. The van der Waals surface area contributed by atoms with Gasteiger partial charge in [0.25, 0.3) is 0 Å². The third-order valence-corrected chi connectivity index (χ3v) is 4.38. The standard InChI is InChI=1S/C14H25NO11/c1-4(18)15-7-12(9(20)6(3-17)24-13(7)23)26-14-11(22)10(21)8(19)5(2-16)25-14/h5-14,16-17,19-23H,2-3H2,1H3,(H,15,18)/t5-,6-,7-,8-,9-,10+,11-,12-,13-,14+/m1/s1. The fourth-order valence-corrected chi connectivity index (χ4v) is 2.97. The first-order valence-electron chi connectivity index (χ1n) is 8.06. The van der Waals surface area contributed by atoms with Crippen LogP contribution in [0.5, 0.6) is 0 Å². The minimum Gasteiger partial charge on any atom is -0.394 e. The van der Waals surface area contributed by atoms with E-state index in [2.05, 4.69) is 5.32 Å². The summed E-state index contributed by atoms with van der Waals surface area (Å²) in [7, 11) is 0. The molecule has 0 saturated carbocycles. The van der Waals surface area contributed by atoms with E-state index < -0.39 is 80.5 Å². The lowest BCUT2D eigenvalue weighted by Gasteiger charge is -2.46. The van der Waals surface area contributed by atoms with Crippen molar-refractivity contribution in [2.24, 2.45) is 0 Å². The fraction of sp³-hybridized carbons (Fsp3) is 0.929. The van der Waals surface area contributed by atoms with Crippen LogP contribution >= 0.6 is 0 Å². The molecular formula is C14H25NO11. The van der Waals surface area contributed by atoms with Crippen molar-refractivity contribution in [2.75, 3.05) is 13.2 Å². The van der Waals surface area contributed by atoms with Gasteiger partial charge in [-0.25, -0.2) is 0 Å². The molecule has 0 bridgehead atoms. The average molecular weight is 383 g/mol. The minimum absolute atomic E-state index is 0.574. The Hall–Kier alpha value is -0.930. The van der Waals surface area contributed by atoms with E-state index in [-0.39, 0.29) is 0 Å². The van der Waals surface area contributed by atoms with Crippen LogP contribution in [0, 0.1) is 0 Å². The molecule has 0 aliphatic carbocycles. The second-order valence-electron chi connectivity index (χ2n) is 6.26. The van der Waals surface area contributed by atoms with E-state index in [9.17, 15) is 40.5 Å². The lowest BCUT2D eigenvalue weighted by Crippen LogP contribution is -2.67. The number of carbonyl (C=O) groups is 1. The van der Waals surface area contributed by atoms with Crippen LogP contribution in [0.15, 0.2) is 0 Å². The Morgan fingerprint density at radius 1 is 0.923 bits per heavy atom. The molecule has 0 radical (unpaired) electrons. The Balaban J connectivity index is 2.21. The average Bonchev–Trinajstić information content (AvgIpc) is 2.60. The van der Waals surface area contributed by atoms with Crippen LogP contribution in [0.1, 0.15) is 6.92 Å². The second kappa shape index (κ2) is 8.84. The summed E-state index contributed by atoms with van der Waals surface area (Å²) in [5.41, 5.74) is 0. The van der Waals surface area contributed by atoms with Crippen molar-refractivity contribution in [1.82, 2.24) is 5.32 Å². The van der Waals surface area contributed by atoms with Gasteiger partial charge in [0.15, 0.2) is 12.6 Å². The first-order chi connectivity index (χ1) is 12.2. The number of hydrogen-bond donors (Lipinski definition) is 8. The van der Waals surface area contributed by atoms with Crippen molar-refractivity contribution >= 4 is 5.91 Å². The van der Waals surface area contributed by atoms with Crippen LogP contribution in [0.2, 0.25) is 0 Å². The normalized spacial score (nSPS) is 46.8. The summed E-state index contributed by atoms with van der Waals surface area (Å²) < 4.78 is 15.7. The van der Waals surface area contributed by atoms with E-state index >= 15 is 0 Å². The monoisotopic (exact) mass is 383 g/mol. The van der Waals surface area contributed by atoms with Gasteiger partial charge in [-0.15, -0.1) is 0 Å². The highest BCUT2D eigenvalue weighted by atomic mass is 16.7. The van der Waals surface area contributed by atoms with Crippen molar-refractivity contribution in [1.29, 1.82) is 0 Å². The summed E-state index contributed by atoms with van der Waals surface area (Å²) in [6, 6.07) is -1.28. The molecular weight excluding hydrogens is 358 g/mol. The maximum Gasteiger partial charge on any atom is 0.217 e. The molecule has 10 atom stereocenters.